The standard InChI is InChI=1S/C16H21BrFN3/c1-4-8-19-15(13-10-20-21(3)11(13)2)9-12-6-5-7-14(18)16(12)17/h5-7,10,15,19H,4,8-9H2,1-3H3. The molecule has 0 aliphatic rings. The zero-order chi connectivity index (χ0) is 15.4. The summed E-state index contributed by atoms with van der Waals surface area (Å²) in [7, 11) is 1.94. The van der Waals surface area contributed by atoms with Gasteiger partial charge in [-0.05, 0) is 53.9 Å². The molecule has 0 spiro atoms. The monoisotopic (exact) mass is 353 g/mol. The van der Waals surface area contributed by atoms with Crippen molar-refractivity contribution in [3.63, 3.8) is 0 Å². The SMILES string of the molecule is CCCNC(Cc1cccc(F)c1Br)c1cnn(C)c1C. The second-order valence-corrected chi connectivity index (χ2v) is 6.03. The number of halogens is 2. The van der Waals surface area contributed by atoms with Crippen LogP contribution in [0.15, 0.2) is 28.9 Å². The first kappa shape index (κ1) is 16.2. The maximum atomic E-state index is 13.7. The number of benzene rings is 1. The van der Waals surface area contributed by atoms with Crippen LogP contribution in [0.5, 0.6) is 0 Å². The van der Waals surface area contributed by atoms with E-state index in [9.17, 15) is 4.39 Å². The van der Waals surface area contributed by atoms with Crippen LogP contribution in [0.2, 0.25) is 0 Å². The lowest BCUT2D eigenvalue weighted by Gasteiger charge is -2.19. The van der Waals surface area contributed by atoms with Crippen molar-refractivity contribution in [3.8, 4) is 0 Å². The molecule has 0 radical (unpaired) electrons. The molecule has 1 atom stereocenters. The first-order valence-corrected chi connectivity index (χ1v) is 7.98. The highest BCUT2D eigenvalue weighted by molar-refractivity contribution is 9.10. The molecule has 0 amide bonds. The zero-order valence-corrected chi connectivity index (χ0v) is 14.2. The number of nitrogens with one attached hydrogen (secondary N) is 1. The van der Waals surface area contributed by atoms with E-state index in [0.717, 1.165) is 30.6 Å². The van der Waals surface area contributed by atoms with Crippen LogP contribution in [-0.2, 0) is 13.5 Å². The Kier molecular flexibility index (Phi) is 5.53. The highest BCUT2D eigenvalue weighted by atomic mass is 79.9. The van der Waals surface area contributed by atoms with Crippen LogP contribution in [0.1, 0.15) is 36.2 Å². The van der Waals surface area contributed by atoms with Crippen molar-refractivity contribution >= 4 is 15.9 Å². The van der Waals surface area contributed by atoms with Gasteiger partial charge in [0.2, 0.25) is 0 Å². The molecule has 1 unspecified atom stereocenters. The summed E-state index contributed by atoms with van der Waals surface area (Å²) in [5, 5.41) is 7.86. The number of aryl methyl sites for hydroxylation is 1. The van der Waals surface area contributed by atoms with E-state index in [2.05, 4.69) is 40.2 Å². The molecule has 2 rings (SSSR count). The average Bonchev–Trinajstić information content (AvgIpc) is 2.80. The number of hydrogen-bond donors (Lipinski definition) is 1. The topological polar surface area (TPSA) is 29.9 Å². The molecule has 0 bridgehead atoms. The van der Waals surface area contributed by atoms with Crippen molar-refractivity contribution in [2.24, 2.45) is 7.05 Å². The molecule has 0 saturated carbocycles. The smallest absolute Gasteiger partial charge is 0.137 e. The first-order valence-electron chi connectivity index (χ1n) is 7.19. The molecule has 1 aromatic carbocycles. The third-order valence-corrected chi connectivity index (χ3v) is 4.63. The molecule has 114 valence electrons. The second-order valence-electron chi connectivity index (χ2n) is 5.23. The molecule has 2 aromatic rings. The fourth-order valence-corrected chi connectivity index (χ4v) is 2.82. The van der Waals surface area contributed by atoms with Crippen LogP contribution in [0.25, 0.3) is 0 Å². The molecule has 21 heavy (non-hydrogen) atoms. The Labute approximate surface area is 133 Å². The summed E-state index contributed by atoms with van der Waals surface area (Å²) in [5.41, 5.74) is 3.27. The lowest BCUT2D eigenvalue weighted by Crippen LogP contribution is -2.24. The molecule has 0 aliphatic heterocycles. The predicted octanol–water partition coefficient (Wildman–Crippen LogP) is 3.91. The summed E-state index contributed by atoms with van der Waals surface area (Å²) in [5.74, 6) is -0.218. The van der Waals surface area contributed by atoms with Gasteiger partial charge in [-0.3, -0.25) is 4.68 Å². The van der Waals surface area contributed by atoms with E-state index >= 15 is 0 Å². The van der Waals surface area contributed by atoms with Crippen LogP contribution >= 0.6 is 15.9 Å². The van der Waals surface area contributed by atoms with E-state index in [4.69, 9.17) is 0 Å². The largest absolute Gasteiger partial charge is 0.310 e. The van der Waals surface area contributed by atoms with Gasteiger partial charge in [-0.1, -0.05) is 19.1 Å². The van der Waals surface area contributed by atoms with Gasteiger partial charge in [0.05, 0.1) is 10.7 Å². The fourth-order valence-electron chi connectivity index (χ4n) is 2.39. The van der Waals surface area contributed by atoms with Gasteiger partial charge in [-0.2, -0.15) is 5.10 Å². The molecule has 5 heteroatoms. The molecular weight excluding hydrogens is 333 g/mol. The van der Waals surface area contributed by atoms with Gasteiger partial charge >= 0.3 is 0 Å². The Balaban J connectivity index is 2.28. The van der Waals surface area contributed by atoms with Crippen LogP contribution in [-0.4, -0.2) is 16.3 Å². The highest BCUT2D eigenvalue weighted by Gasteiger charge is 2.18. The lowest BCUT2D eigenvalue weighted by atomic mass is 9.99. The Morgan fingerprint density at radius 1 is 1.43 bits per heavy atom. The first-order chi connectivity index (χ1) is 10.0. The van der Waals surface area contributed by atoms with Crippen LogP contribution in [0, 0.1) is 12.7 Å². The third kappa shape index (κ3) is 3.71. The predicted molar refractivity (Wildman–Crippen MR) is 86.8 cm³/mol. The van der Waals surface area contributed by atoms with E-state index in [1.807, 2.05) is 24.0 Å². The number of nitrogens with zero attached hydrogens (tertiary/aromatic N) is 2. The molecule has 1 heterocycles. The lowest BCUT2D eigenvalue weighted by molar-refractivity contribution is 0.522. The quantitative estimate of drug-likeness (QED) is 0.852. The fraction of sp³-hybridized carbons (Fsp3) is 0.438. The molecule has 0 aliphatic carbocycles. The molecule has 3 nitrogen and oxygen atoms in total. The summed E-state index contributed by atoms with van der Waals surface area (Å²) < 4.78 is 16.1. The van der Waals surface area contributed by atoms with E-state index < -0.39 is 0 Å². The molecule has 1 N–H and O–H groups in total. The van der Waals surface area contributed by atoms with Crippen LogP contribution in [0.4, 0.5) is 4.39 Å². The van der Waals surface area contributed by atoms with Gasteiger partial charge < -0.3 is 5.32 Å². The van der Waals surface area contributed by atoms with E-state index in [1.54, 1.807) is 6.07 Å². The Morgan fingerprint density at radius 3 is 2.81 bits per heavy atom. The minimum absolute atomic E-state index is 0.136. The maximum absolute atomic E-state index is 13.7. The van der Waals surface area contributed by atoms with Gasteiger partial charge in [-0.15, -0.1) is 0 Å². The Hall–Kier alpha value is -1.20. The number of rotatable bonds is 6. The van der Waals surface area contributed by atoms with Gasteiger partial charge in [-0.25, -0.2) is 4.39 Å². The van der Waals surface area contributed by atoms with E-state index in [-0.39, 0.29) is 11.9 Å². The van der Waals surface area contributed by atoms with Crippen molar-refractivity contribution in [2.75, 3.05) is 6.54 Å². The summed E-state index contributed by atoms with van der Waals surface area (Å²) in [4.78, 5) is 0. The molecule has 1 aromatic heterocycles. The van der Waals surface area contributed by atoms with E-state index in [0.29, 0.717) is 4.47 Å². The Bertz CT molecular complexity index is 610. The molecule has 0 saturated heterocycles. The minimum atomic E-state index is -0.218. The molecule has 0 fully saturated rings. The van der Waals surface area contributed by atoms with Crippen molar-refractivity contribution in [3.05, 3.63) is 51.5 Å². The third-order valence-electron chi connectivity index (χ3n) is 3.74. The summed E-state index contributed by atoms with van der Waals surface area (Å²) in [6.45, 7) is 5.12. The number of hydrogen-bond acceptors (Lipinski definition) is 2. The summed E-state index contributed by atoms with van der Waals surface area (Å²) >= 11 is 3.35. The van der Waals surface area contributed by atoms with Gasteiger partial charge in [0.1, 0.15) is 5.82 Å². The van der Waals surface area contributed by atoms with Crippen molar-refractivity contribution < 1.29 is 4.39 Å². The van der Waals surface area contributed by atoms with Crippen LogP contribution in [0.3, 0.4) is 0 Å². The summed E-state index contributed by atoms with van der Waals surface area (Å²) in [6.07, 6.45) is 3.68. The highest BCUT2D eigenvalue weighted by Crippen LogP contribution is 2.27. The molecular formula is C16H21BrFN3. The minimum Gasteiger partial charge on any atom is -0.310 e. The van der Waals surface area contributed by atoms with Gasteiger partial charge in [0.15, 0.2) is 0 Å². The van der Waals surface area contributed by atoms with Crippen molar-refractivity contribution in [2.45, 2.75) is 32.7 Å². The van der Waals surface area contributed by atoms with Crippen molar-refractivity contribution in [1.82, 2.24) is 15.1 Å². The zero-order valence-electron chi connectivity index (χ0n) is 12.7. The second kappa shape index (κ2) is 7.18. The normalized spacial score (nSPS) is 12.6. The average molecular weight is 354 g/mol. The van der Waals surface area contributed by atoms with Gasteiger partial charge in [0.25, 0.3) is 0 Å². The van der Waals surface area contributed by atoms with Gasteiger partial charge in [0, 0.05) is 24.3 Å². The Morgan fingerprint density at radius 2 is 2.19 bits per heavy atom. The maximum Gasteiger partial charge on any atom is 0.137 e. The van der Waals surface area contributed by atoms with Crippen molar-refractivity contribution in [1.29, 1.82) is 0 Å². The number of aromatic nitrogens is 2. The van der Waals surface area contributed by atoms with E-state index in [1.165, 1.54) is 11.6 Å². The van der Waals surface area contributed by atoms with Crippen LogP contribution < -0.4 is 5.32 Å². The summed E-state index contributed by atoms with van der Waals surface area (Å²) in [6, 6.07) is 5.32.